The van der Waals surface area contributed by atoms with Gasteiger partial charge in [-0.25, -0.2) is 4.98 Å². The zero-order valence-electron chi connectivity index (χ0n) is 10.1. The molecule has 1 amide bonds. The SMILES string of the molecule is O=C(CSc1ccc(C(F)(F)F)cn1)N1CCCC1. The molecule has 3 nitrogen and oxygen atoms in total. The number of hydrogen-bond acceptors (Lipinski definition) is 3. The number of hydrogen-bond donors (Lipinski definition) is 0. The van der Waals surface area contributed by atoms with E-state index in [9.17, 15) is 18.0 Å². The number of alkyl halides is 3. The highest BCUT2D eigenvalue weighted by molar-refractivity contribution is 7.99. The molecule has 19 heavy (non-hydrogen) atoms. The minimum Gasteiger partial charge on any atom is -0.342 e. The van der Waals surface area contributed by atoms with Gasteiger partial charge >= 0.3 is 6.18 Å². The van der Waals surface area contributed by atoms with Gasteiger partial charge in [-0.2, -0.15) is 13.2 Å². The van der Waals surface area contributed by atoms with Gasteiger partial charge in [-0.3, -0.25) is 4.79 Å². The van der Waals surface area contributed by atoms with Crippen molar-refractivity contribution in [1.82, 2.24) is 9.88 Å². The molecule has 1 aliphatic heterocycles. The van der Waals surface area contributed by atoms with Gasteiger partial charge in [0.05, 0.1) is 16.3 Å². The van der Waals surface area contributed by atoms with Crippen molar-refractivity contribution in [2.45, 2.75) is 24.0 Å². The van der Waals surface area contributed by atoms with Gasteiger partial charge < -0.3 is 4.90 Å². The number of aromatic nitrogens is 1. The van der Waals surface area contributed by atoms with Crippen LogP contribution in [0, 0.1) is 0 Å². The maximum absolute atomic E-state index is 12.3. The first-order valence-corrected chi connectivity index (χ1v) is 6.89. The van der Waals surface area contributed by atoms with Crippen LogP contribution in [0.1, 0.15) is 18.4 Å². The highest BCUT2D eigenvalue weighted by atomic mass is 32.2. The van der Waals surface area contributed by atoms with Crippen molar-refractivity contribution in [3.8, 4) is 0 Å². The summed E-state index contributed by atoms with van der Waals surface area (Å²) in [6.07, 6.45) is -1.53. The number of halogens is 3. The monoisotopic (exact) mass is 290 g/mol. The van der Waals surface area contributed by atoms with Crippen molar-refractivity contribution in [3.63, 3.8) is 0 Å². The molecule has 2 rings (SSSR count). The lowest BCUT2D eigenvalue weighted by Gasteiger charge is -2.14. The van der Waals surface area contributed by atoms with Crippen LogP contribution >= 0.6 is 11.8 Å². The zero-order valence-corrected chi connectivity index (χ0v) is 10.9. The van der Waals surface area contributed by atoms with Gasteiger partial charge in [0.25, 0.3) is 0 Å². The summed E-state index contributed by atoms with van der Waals surface area (Å²) in [5, 5.41) is 0.431. The largest absolute Gasteiger partial charge is 0.417 e. The Balaban J connectivity index is 1.87. The fourth-order valence-corrected chi connectivity index (χ4v) is 2.57. The van der Waals surface area contributed by atoms with Crippen molar-refractivity contribution in [1.29, 1.82) is 0 Å². The van der Waals surface area contributed by atoms with Crippen LogP contribution in [0.25, 0.3) is 0 Å². The van der Waals surface area contributed by atoms with E-state index in [2.05, 4.69) is 4.98 Å². The molecule has 0 N–H and O–H groups in total. The van der Waals surface area contributed by atoms with E-state index in [0.717, 1.165) is 38.2 Å². The summed E-state index contributed by atoms with van der Waals surface area (Å²) < 4.78 is 37.0. The Morgan fingerprint density at radius 1 is 1.32 bits per heavy atom. The number of rotatable bonds is 3. The number of likely N-dealkylation sites (tertiary alicyclic amines) is 1. The molecular weight excluding hydrogens is 277 g/mol. The fraction of sp³-hybridized carbons (Fsp3) is 0.500. The zero-order chi connectivity index (χ0) is 13.9. The summed E-state index contributed by atoms with van der Waals surface area (Å²) in [6.45, 7) is 1.56. The first-order valence-electron chi connectivity index (χ1n) is 5.90. The summed E-state index contributed by atoms with van der Waals surface area (Å²) in [7, 11) is 0. The van der Waals surface area contributed by atoms with E-state index >= 15 is 0 Å². The van der Waals surface area contributed by atoms with Crippen molar-refractivity contribution in [2.24, 2.45) is 0 Å². The van der Waals surface area contributed by atoms with Gasteiger partial charge in [-0.1, -0.05) is 11.8 Å². The molecule has 1 fully saturated rings. The van der Waals surface area contributed by atoms with Crippen LogP contribution in [0.4, 0.5) is 13.2 Å². The molecule has 1 saturated heterocycles. The molecule has 0 saturated carbocycles. The molecule has 0 spiro atoms. The second-order valence-corrected chi connectivity index (χ2v) is 5.26. The van der Waals surface area contributed by atoms with Crippen molar-refractivity contribution in [2.75, 3.05) is 18.8 Å². The highest BCUT2D eigenvalue weighted by Gasteiger charge is 2.30. The fourth-order valence-electron chi connectivity index (χ4n) is 1.83. The van der Waals surface area contributed by atoms with Gasteiger partial charge in [0, 0.05) is 19.3 Å². The number of nitrogens with zero attached hydrogens (tertiary/aromatic N) is 2. The molecule has 2 heterocycles. The molecule has 0 radical (unpaired) electrons. The predicted molar refractivity (Wildman–Crippen MR) is 65.8 cm³/mol. The first-order chi connectivity index (χ1) is 8.97. The average Bonchev–Trinajstić information content (AvgIpc) is 2.89. The van der Waals surface area contributed by atoms with E-state index in [1.54, 1.807) is 4.90 Å². The van der Waals surface area contributed by atoms with Crippen molar-refractivity contribution >= 4 is 17.7 Å². The van der Waals surface area contributed by atoms with Gasteiger partial charge in [0.1, 0.15) is 0 Å². The minimum atomic E-state index is -4.37. The second-order valence-electron chi connectivity index (χ2n) is 4.26. The van der Waals surface area contributed by atoms with Crippen LogP contribution in [0.3, 0.4) is 0 Å². The number of carbonyl (C=O) groups excluding carboxylic acids is 1. The Bertz CT molecular complexity index is 441. The molecule has 104 valence electrons. The van der Waals surface area contributed by atoms with Crippen LogP contribution in [0.5, 0.6) is 0 Å². The molecular formula is C12H13F3N2OS. The van der Waals surface area contributed by atoms with Crippen LogP contribution in [-0.4, -0.2) is 34.6 Å². The highest BCUT2D eigenvalue weighted by Crippen LogP contribution is 2.29. The Kier molecular flexibility index (Phi) is 4.34. The smallest absolute Gasteiger partial charge is 0.342 e. The Hall–Kier alpha value is -1.24. The quantitative estimate of drug-likeness (QED) is 0.803. The maximum atomic E-state index is 12.3. The molecule has 0 unspecified atom stereocenters. The predicted octanol–water partition coefficient (Wildman–Crippen LogP) is 2.81. The number of amides is 1. The normalized spacial score (nSPS) is 15.8. The Morgan fingerprint density at radius 2 is 2.00 bits per heavy atom. The van der Waals surface area contributed by atoms with Crippen LogP contribution in [0.2, 0.25) is 0 Å². The first kappa shape index (κ1) is 14.2. The molecule has 1 aromatic rings. The lowest BCUT2D eigenvalue weighted by Crippen LogP contribution is -2.29. The second kappa shape index (κ2) is 5.81. The third-order valence-corrected chi connectivity index (χ3v) is 3.79. The van der Waals surface area contributed by atoms with Gasteiger partial charge in [-0.15, -0.1) is 0 Å². The van der Waals surface area contributed by atoms with Gasteiger partial charge in [-0.05, 0) is 25.0 Å². The van der Waals surface area contributed by atoms with E-state index in [0.29, 0.717) is 5.03 Å². The third kappa shape index (κ3) is 3.86. The van der Waals surface area contributed by atoms with Gasteiger partial charge in [0.15, 0.2) is 0 Å². The summed E-state index contributed by atoms with van der Waals surface area (Å²) in [6, 6.07) is 2.28. The van der Waals surface area contributed by atoms with Crippen LogP contribution < -0.4 is 0 Å². The standard InChI is InChI=1S/C12H13F3N2OS/c13-12(14,15)9-3-4-10(16-7-9)19-8-11(18)17-5-1-2-6-17/h3-4,7H,1-2,5-6,8H2. The van der Waals surface area contributed by atoms with Crippen LogP contribution in [0.15, 0.2) is 23.4 Å². The number of carbonyl (C=O) groups is 1. The molecule has 0 aromatic carbocycles. The summed E-state index contributed by atoms with van der Waals surface area (Å²) >= 11 is 1.17. The number of pyridine rings is 1. The molecule has 1 aromatic heterocycles. The van der Waals surface area contributed by atoms with Gasteiger partial charge in [0.2, 0.25) is 5.91 Å². The Morgan fingerprint density at radius 3 is 2.53 bits per heavy atom. The average molecular weight is 290 g/mol. The molecule has 0 bridgehead atoms. The molecule has 0 aliphatic carbocycles. The van der Waals surface area contributed by atoms with Crippen molar-refractivity contribution < 1.29 is 18.0 Å². The maximum Gasteiger partial charge on any atom is 0.417 e. The summed E-state index contributed by atoms with van der Waals surface area (Å²) in [5.41, 5.74) is -0.775. The van der Waals surface area contributed by atoms with E-state index < -0.39 is 11.7 Å². The molecule has 7 heteroatoms. The van der Waals surface area contributed by atoms with E-state index in [-0.39, 0.29) is 11.7 Å². The minimum absolute atomic E-state index is 0.0178. The molecule has 1 aliphatic rings. The third-order valence-electron chi connectivity index (χ3n) is 2.87. The summed E-state index contributed by atoms with van der Waals surface area (Å²) in [4.78, 5) is 17.2. The molecule has 0 atom stereocenters. The Labute approximate surface area is 113 Å². The van der Waals surface area contributed by atoms with E-state index in [4.69, 9.17) is 0 Å². The lowest BCUT2D eigenvalue weighted by molar-refractivity contribution is -0.138. The topological polar surface area (TPSA) is 33.2 Å². The lowest BCUT2D eigenvalue weighted by atomic mass is 10.3. The van der Waals surface area contributed by atoms with E-state index in [1.165, 1.54) is 17.8 Å². The van der Waals surface area contributed by atoms with Crippen LogP contribution in [-0.2, 0) is 11.0 Å². The number of thioether (sulfide) groups is 1. The summed E-state index contributed by atoms with van der Waals surface area (Å²) in [5.74, 6) is 0.238. The van der Waals surface area contributed by atoms with Crippen molar-refractivity contribution in [3.05, 3.63) is 23.9 Å². The van der Waals surface area contributed by atoms with E-state index in [1.807, 2.05) is 0 Å².